The Balaban J connectivity index is 2.32. The highest BCUT2D eigenvalue weighted by Gasteiger charge is 2.13. The second kappa shape index (κ2) is 5.14. The molecule has 1 heterocycles. The topological polar surface area (TPSA) is 75.1 Å². The number of H-pyrrole nitrogens is 1. The third-order valence-electron chi connectivity index (χ3n) is 2.43. The summed E-state index contributed by atoms with van der Waals surface area (Å²) in [4.78, 5) is 23.9. The lowest BCUT2D eigenvalue weighted by Crippen LogP contribution is -2.13. The van der Waals surface area contributed by atoms with Gasteiger partial charge in [0.15, 0.2) is 0 Å². The number of hydrogen-bond acceptors (Lipinski definition) is 3. The normalized spacial score (nSPS) is 10.5. The van der Waals surface area contributed by atoms with Gasteiger partial charge in [-0.15, -0.1) is 0 Å². The number of carbonyl (C=O) groups is 1. The van der Waals surface area contributed by atoms with Crippen molar-refractivity contribution in [2.24, 2.45) is 0 Å². The Labute approximate surface area is 107 Å². The molecule has 0 unspecified atom stereocenters. The Hall–Kier alpha value is -1.95. The van der Waals surface area contributed by atoms with E-state index in [9.17, 15) is 9.59 Å². The van der Waals surface area contributed by atoms with E-state index in [4.69, 9.17) is 5.11 Å². The Morgan fingerprint density at radius 2 is 2.06 bits per heavy atom. The number of carboxylic acids is 1. The number of aromatic amines is 1. The van der Waals surface area contributed by atoms with E-state index >= 15 is 0 Å². The average Bonchev–Trinajstić information content (AvgIpc) is 2.58. The van der Waals surface area contributed by atoms with Crippen LogP contribution in [-0.2, 0) is 11.3 Å². The molecule has 2 N–H and O–H groups in total. The van der Waals surface area contributed by atoms with Crippen molar-refractivity contribution in [2.45, 2.75) is 23.3 Å². The molecule has 0 amide bonds. The molecular formula is C12H12N2O3S. The molecule has 2 aromatic rings. The largest absolute Gasteiger partial charge is 0.480 e. The van der Waals surface area contributed by atoms with Gasteiger partial charge in [-0.3, -0.25) is 19.4 Å². The molecule has 18 heavy (non-hydrogen) atoms. The summed E-state index contributed by atoms with van der Waals surface area (Å²) in [5.74, 6) is -0.986. The molecular weight excluding hydrogens is 252 g/mol. The summed E-state index contributed by atoms with van der Waals surface area (Å²) in [5.41, 5.74) is 0.374. The summed E-state index contributed by atoms with van der Waals surface area (Å²) in [6, 6.07) is 9.48. The summed E-state index contributed by atoms with van der Waals surface area (Å²) < 4.78 is 1.34. The first kappa shape index (κ1) is 12.5. The van der Waals surface area contributed by atoms with Crippen LogP contribution in [0, 0.1) is 6.92 Å². The molecule has 0 radical (unpaired) electrons. The van der Waals surface area contributed by atoms with Gasteiger partial charge in [0, 0.05) is 4.90 Å². The zero-order valence-corrected chi connectivity index (χ0v) is 10.5. The average molecular weight is 264 g/mol. The third kappa shape index (κ3) is 2.65. The zero-order chi connectivity index (χ0) is 13.1. The summed E-state index contributed by atoms with van der Waals surface area (Å²) in [6.45, 7) is 1.49. The first-order valence-corrected chi connectivity index (χ1v) is 6.13. The monoisotopic (exact) mass is 264 g/mol. The van der Waals surface area contributed by atoms with E-state index in [1.807, 2.05) is 30.3 Å². The number of carboxylic acid groups (broad SMARTS) is 1. The fourth-order valence-electron chi connectivity index (χ4n) is 1.56. The highest BCUT2D eigenvalue weighted by molar-refractivity contribution is 7.99. The van der Waals surface area contributed by atoms with E-state index in [1.54, 1.807) is 6.92 Å². The molecule has 0 saturated heterocycles. The van der Waals surface area contributed by atoms with E-state index in [1.165, 1.54) is 16.4 Å². The number of benzene rings is 1. The molecule has 0 fully saturated rings. The summed E-state index contributed by atoms with van der Waals surface area (Å²) in [6.07, 6.45) is 0. The molecule has 94 valence electrons. The molecule has 2 rings (SSSR count). The van der Waals surface area contributed by atoms with Crippen LogP contribution in [0.15, 0.2) is 44.9 Å². The molecule has 0 aliphatic carbocycles. The second-order valence-electron chi connectivity index (χ2n) is 3.75. The minimum atomic E-state index is -0.986. The van der Waals surface area contributed by atoms with Crippen molar-refractivity contribution in [3.8, 4) is 0 Å². The molecule has 1 aromatic carbocycles. The predicted molar refractivity (Wildman–Crippen MR) is 68.0 cm³/mol. The van der Waals surface area contributed by atoms with Gasteiger partial charge in [0.25, 0.3) is 5.56 Å². The van der Waals surface area contributed by atoms with Crippen LogP contribution in [0.25, 0.3) is 0 Å². The van der Waals surface area contributed by atoms with Gasteiger partial charge in [0.1, 0.15) is 6.54 Å². The Morgan fingerprint density at radius 3 is 2.67 bits per heavy atom. The molecule has 0 bridgehead atoms. The van der Waals surface area contributed by atoms with Crippen LogP contribution in [0.2, 0.25) is 0 Å². The van der Waals surface area contributed by atoms with E-state index < -0.39 is 5.97 Å². The van der Waals surface area contributed by atoms with Crippen molar-refractivity contribution in [1.82, 2.24) is 9.78 Å². The molecule has 6 heteroatoms. The van der Waals surface area contributed by atoms with E-state index in [-0.39, 0.29) is 12.1 Å². The zero-order valence-electron chi connectivity index (χ0n) is 9.71. The van der Waals surface area contributed by atoms with Gasteiger partial charge in [-0.1, -0.05) is 30.0 Å². The quantitative estimate of drug-likeness (QED) is 0.881. The molecule has 5 nitrogen and oxygen atoms in total. The second-order valence-corrected chi connectivity index (χ2v) is 4.83. The number of aliphatic carboxylic acids is 1. The van der Waals surface area contributed by atoms with Crippen LogP contribution in [0.1, 0.15) is 5.69 Å². The van der Waals surface area contributed by atoms with E-state index in [0.29, 0.717) is 10.6 Å². The number of rotatable bonds is 4. The molecule has 0 aliphatic rings. The van der Waals surface area contributed by atoms with Gasteiger partial charge in [0.2, 0.25) is 0 Å². The van der Waals surface area contributed by atoms with Crippen LogP contribution < -0.4 is 5.56 Å². The standard InChI is InChI=1S/C12H12N2O3S/c1-8-11(18-9-5-3-2-4-6-9)12(17)13-14(8)7-10(15)16/h2-6H,7H2,1H3,(H,13,17)(H,15,16). The minimum Gasteiger partial charge on any atom is -0.480 e. The van der Waals surface area contributed by atoms with Gasteiger partial charge in [-0.2, -0.15) is 0 Å². The highest BCUT2D eigenvalue weighted by atomic mass is 32.2. The number of aromatic nitrogens is 2. The Morgan fingerprint density at radius 1 is 1.39 bits per heavy atom. The van der Waals surface area contributed by atoms with E-state index in [2.05, 4.69) is 5.10 Å². The SMILES string of the molecule is Cc1c(Sc2ccccc2)c(=O)[nH]n1CC(=O)O. The van der Waals surface area contributed by atoms with Crippen LogP contribution in [0.4, 0.5) is 0 Å². The van der Waals surface area contributed by atoms with Crippen molar-refractivity contribution in [3.05, 3.63) is 46.4 Å². The van der Waals surface area contributed by atoms with Crippen LogP contribution in [-0.4, -0.2) is 20.9 Å². The van der Waals surface area contributed by atoms with Crippen LogP contribution in [0.3, 0.4) is 0 Å². The van der Waals surface area contributed by atoms with Gasteiger partial charge in [-0.05, 0) is 19.1 Å². The van der Waals surface area contributed by atoms with Crippen LogP contribution >= 0.6 is 11.8 Å². The maximum atomic E-state index is 11.8. The summed E-state index contributed by atoms with van der Waals surface area (Å²) >= 11 is 1.33. The molecule has 1 aromatic heterocycles. The summed E-state index contributed by atoms with van der Waals surface area (Å²) in [7, 11) is 0. The minimum absolute atomic E-state index is 0.240. The lowest BCUT2D eigenvalue weighted by molar-refractivity contribution is -0.137. The smallest absolute Gasteiger partial charge is 0.325 e. The van der Waals surface area contributed by atoms with Crippen molar-refractivity contribution in [2.75, 3.05) is 0 Å². The fourth-order valence-corrected chi connectivity index (χ4v) is 2.49. The third-order valence-corrected chi connectivity index (χ3v) is 3.63. The highest BCUT2D eigenvalue weighted by Crippen LogP contribution is 2.26. The maximum Gasteiger partial charge on any atom is 0.325 e. The Bertz CT molecular complexity index is 616. The summed E-state index contributed by atoms with van der Waals surface area (Å²) in [5, 5.41) is 11.3. The van der Waals surface area contributed by atoms with Crippen molar-refractivity contribution in [3.63, 3.8) is 0 Å². The van der Waals surface area contributed by atoms with Crippen molar-refractivity contribution >= 4 is 17.7 Å². The molecule has 0 aliphatic heterocycles. The van der Waals surface area contributed by atoms with Gasteiger partial charge in [0.05, 0.1) is 10.6 Å². The fraction of sp³-hybridized carbons (Fsp3) is 0.167. The molecule has 0 atom stereocenters. The first-order valence-electron chi connectivity index (χ1n) is 5.32. The van der Waals surface area contributed by atoms with Gasteiger partial charge >= 0.3 is 5.97 Å². The van der Waals surface area contributed by atoms with Crippen molar-refractivity contribution in [1.29, 1.82) is 0 Å². The van der Waals surface area contributed by atoms with Gasteiger partial charge in [-0.25, -0.2) is 0 Å². The van der Waals surface area contributed by atoms with Crippen molar-refractivity contribution < 1.29 is 9.90 Å². The number of hydrogen-bond donors (Lipinski definition) is 2. The van der Waals surface area contributed by atoms with Crippen LogP contribution in [0.5, 0.6) is 0 Å². The molecule has 0 spiro atoms. The van der Waals surface area contributed by atoms with E-state index in [0.717, 1.165) is 4.90 Å². The Kier molecular flexibility index (Phi) is 3.57. The number of nitrogens with one attached hydrogen (secondary N) is 1. The maximum absolute atomic E-state index is 11.8. The molecule has 0 saturated carbocycles. The lowest BCUT2D eigenvalue weighted by atomic mass is 10.4. The first-order chi connectivity index (χ1) is 8.58. The predicted octanol–water partition coefficient (Wildman–Crippen LogP) is 1.72. The number of nitrogens with zero attached hydrogens (tertiary/aromatic N) is 1. The lowest BCUT2D eigenvalue weighted by Gasteiger charge is -2.02. The van der Waals surface area contributed by atoms with Gasteiger partial charge < -0.3 is 5.11 Å².